The Bertz CT molecular complexity index is 1640. The Balaban J connectivity index is 1.65. The van der Waals surface area contributed by atoms with Crippen LogP contribution in [0.3, 0.4) is 0 Å². The molecular formula is C30H23FN4O. The number of aromatic nitrogens is 2. The van der Waals surface area contributed by atoms with E-state index in [-0.39, 0.29) is 5.41 Å². The first kappa shape index (κ1) is 22.0. The molecule has 1 atom stereocenters. The second-order valence-corrected chi connectivity index (χ2v) is 9.97. The molecular weight excluding hydrogens is 451 g/mol. The minimum absolute atomic E-state index is 0.177. The van der Waals surface area contributed by atoms with Gasteiger partial charge in [-0.15, -0.1) is 0 Å². The van der Waals surface area contributed by atoms with E-state index in [4.69, 9.17) is 15.5 Å². The molecule has 0 saturated carbocycles. The van der Waals surface area contributed by atoms with Crippen LogP contribution in [0.15, 0.2) is 78.0 Å². The zero-order valence-corrected chi connectivity index (χ0v) is 20.1. The Morgan fingerprint density at radius 2 is 1.67 bits per heavy atom. The molecule has 0 radical (unpaired) electrons. The zero-order valence-electron chi connectivity index (χ0n) is 20.1. The van der Waals surface area contributed by atoms with Crippen LogP contribution in [0.25, 0.3) is 11.1 Å². The normalized spacial score (nSPS) is 17.3. The summed E-state index contributed by atoms with van der Waals surface area (Å²) in [4.78, 5) is 13.4. The standard InChI is InChI=1S/C30H23FN4O/c1-29(2,3)13-12-19-16-24-26(17-34-19)36-25-11-10-18(20-8-6-14-33-27(20)31)15-23(25)30(24)22-9-5-4-7-21(22)28(32)35-30/h4-11,14-17H,1-3H3,(H2,32,35). The third kappa shape index (κ3) is 3.36. The molecule has 2 aliphatic heterocycles. The van der Waals surface area contributed by atoms with E-state index in [2.05, 4.69) is 42.6 Å². The number of pyridine rings is 2. The van der Waals surface area contributed by atoms with Gasteiger partial charge in [0.2, 0.25) is 5.95 Å². The van der Waals surface area contributed by atoms with E-state index in [1.165, 1.54) is 6.20 Å². The van der Waals surface area contributed by atoms with Gasteiger partial charge in [0, 0.05) is 33.9 Å². The molecule has 2 N–H and O–H groups in total. The van der Waals surface area contributed by atoms with Gasteiger partial charge in [0.25, 0.3) is 0 Å². The number of nitrogens with zero attached hydrogens (tertiary/aromatic N) is 3. The fraction of sp³-hybridized carbons (Fsp3) is 0.167. The molecule has 4 heterocycles. The van der Waals surface area contributed by atoms with Crippen molar-refractivity contribution in [3.05, 3.63) is 107 Å². The van der Waals surface area contributed by atoms with Crippen molar-refractivity contribution in [3.8, 4) is 34.5 Å². The number of amidine groups is 1. The molecule has 6 heteroatoms. The Labute approximate surface area is 208 Å². The van der Waals surface area contributed by atoms with Gasteiger partial charge in [-0.2, -0.15) is 4.39 Å². The van der Waals surface area contributed by atoms with E-state index in [9.17, 15) is 4.39 Å². The maximum Gasteiger partial charge on any atom is 0.220 e. The Hall–Kier alpha value is -4.50. The van der Waals surface area contributed by atoms with Crippen molar-refractivity contribution >= 4 is 5.84 Å². The summed E-state index contributed by atoms with van der Waals surface area (Å²) in [6.45, 7) is 6.16. The van der Waals surface area contributed by atoms with Crippen LogP contribution < -0.4 is 10.5 Å². The lowest BCUT2D eigenvalue weighted by atomic mass is 9.75. The predicted molar refractivity (Wildman–Crippen MR) is 137 cm³/mol. The Morgan fingerprint density at radius 1 is 0.889 bits per heavy atom. The highest BCUT2D eigenvalue weighted by Gasteiger charge is 2.49. The number of halogens is 1. The number of ether oxygens (including phenoxy) is 1. The predicted octanol–water partition coefficient (Wildman–Crippen LogP) is 5.80. The molecule has 2 aromatic carbocycles. The van der Waals surface area contributed by atoms with E-state index in [1.807, 2.05) is 48.5 Å². The summed E-state index contributed by atoms with van der Waals surface area (Å²) in [6.07, 6.45) is 3.12. The highest BCUT2D eigenvalue weighted by Crippen LogP contribution is 2.56. The number of benzene rings is 2. The van der Waals surface area contributed by atoms with Crippen LogP contribution in [0.2, 0.25) is 0 Å². The fourth-order valence-electron chi connectivity index (χ4n) is 4.79. The minimum Gasteiger partial charge on any atom is -0.455 e. The molecule has 0 amide bonds. The molecule has 4 aromatic rings. The molecule has 1 spiro atoms. The SMILES string of the molecule is CC(C)(C)C#Cc1cc2c(cn1)Oc1ccc(-c3cccnc3F)cc1C21N=C(N)c2ccccc21. The molecule has 36 heavy (non-hydrogen) atoms. The van der Waals surface area contributed by atoms with Crippen molar-refractivity contribution in [2.24, 2.45) is 16.1 Å². The van der Waals surface area contributed by atoms with Crippen molar-refractivity contribution in [2.75, 3.05) is 0 Å². The van der Waals surface area contributed by atoms with Gasteiger partial charge in [-0.3, -0.25) is 0 Å². The lowest BCUT2D eigenvalue weighted by molar-refractivity contribution is 0.422. The van der Waals surface area contributed by atoms with E-state index in [0.29, 0.717) is 34.2 Å². The van der Waals surface area contributed by atoms with Crippen LogP contribution in [0.4, 0.5) is 4.39 Å². The molecule has 0 aliphatic carbocycles. The molecule has 1 unspecified atom stereocenters. The van der Waals surface area contributed by atoms with Crippen LogP contribution in [0.1, 0.15) is 48.7 Å². The molecule has 2 aromatic heterocycles. The average Bonchev–Trinajstić information content (AvgIpc) is 3.16. The number of hydrogen-bond donors (Lipinski definition) is 1. The summed E-state index contributed by atoms with van der Waals surface area (Å²) >= 11 is 0. The van der Waals surface area contributed by atoms with Gasteiger partial charge in [0.15, 0.2) is 5.75 Å². The van der Waals surface area contributed by atoms with Gasteiger partial charge in [-0.1, -0.05) is 36.3 Å². The maximum absolute atomic E-state index is 14.6. The zero-order chi connectivity index (χ0) is 25.1. The summed E-state index contributed by atoms with van der Waals surface area (Å²) in [6, 6.07) is 18.8. The molecule has 176 valence electrons. The van der Waals surface area contributed by atoms with E-state index in [0.717, 1.165) is 22.3 Å². The minimum atomic E-state index is -0.987. The van der Waals surface area contributed by atoms with Crippen molar-refractivity contribution in [3.63, 3.8) is 0 Å². The smallest absolute Gasteiger partial charge is 0.220 e. The molecule has 5 nitrogen and oxygen atoms in total. The van der Waals surface area contributed by atoms with Crippen molar-refractivity contribution < 1.29 is 9.13 Å². The first-order chi connectivity index (χ1) is 17.3. The third-order valence-electron chi connectivity index (χ3n) is 6.36. The molecule has 0 fully saturated rings. The first-order valence-corrected chi connectivity index (χ1v) is 11.7. The molecule has 6 rings (SSSR count). The van der Waals surface area contributed by atoms with Crippen molar-refractivity contribution in [1.82, 2.24) is 9.97 Å². The summed E-state index contributed by atoms with van der Waals surface area (Å²) in [5, 5.41) is 0. The first-order valence-electron chi connectivity index (χ1n) is 11.7. The molecule has 0 bridgehead atoms. The van der Waals surface area contributed by atoms with Gasteiger partial charge in [0.1, 0.15) is 22.8 Å². The van der Waals surface area contributed by atoms with Gasteiger partial charge in [-0.05, 0) is 68.2 Å². The number of rotatable bonds is 1. The summed E-state index contributed by atoms with van der Waals surface area (Å²) in [7, 11) is 0. The fourth-order valence-corrected chi connectivity index (χ4v) is 4.79. The molecule has 2 aliphatic rings. The van der Waals surface area contributed by atoms with Gasteiger partial charge in [0.05, 0.1) is 6.20 Å². The van der Waals surface area contributed by atoms with Crippen LogP contribution in [-0.4, -0.2) is 15.8 Å². The highest BCUT2D eigenvalue weighted by molar-refractivity contribution is 6.03. The lowest BCUT2D eigenvalue weighted by Crippen LogP contribution is -2.30. The number of hydrogen-bond acceptors (Lipinski definition) is 5. The highest BCUT2D eigenvalue weighted by atomic mass is 19.1. The Kier molecular flexibility index (Phi) is 4.74. The number of fused-ring (bicyclic) bond motifs is 6. The molecule has 0 saturated heterocycles. The quantitative estimate of drug-likeness (QED) is 0.280. The van der Waals surface area contributed by atoms with Gasteiger partial charge < -0.3 is 10.5 Å². The average molecular weight is 475 g/mol. The van der Waals surface area contributed by atoms with Crippen LogP contribution >= 0.6 is 0 Å². The van der Waals surface area contributed by atoms with Gasteiger partial charge >= 0.3 is 0 Å². The van der Waals surface area contributed by atoms with Crippen molar-refractivity contribution in [1.29, 1.82) is 0 Å². The van der Waals surface area contributed by atoms with Crippen LogP contribution in [-0.2, 0) is 5.54 Å². The summed E-state index contributed by atoms with van der Waals surface area (Å²) in [5.41, 5.74) is 10.4. The topological polar surface area (TPSA) is 73.4 Å². The number of nitrogens with two attached hydrogens (primary N) is 1. The third-order valence-corrected chi connectivity index (χ3v) is 6.36. The van der Waals surface area contributed by atoms with Crippen LogP contribution in [0.5, 0.6) is 11.5 Å². The number of aliphatic imine (C=N–C) groups is 1. The largest absolute Gasteiger partial charge is 0.455 e. The van der Waals surface area contributed by atoms with E-state index < -0.39 is 11.5 Å². The summed E-state index contributed by atoms with van der Waals surface area (Å²) < 4.78 is 20.9. The Morgan fingerprint density at radius 3 is 2.47 bits per heavy atom. The lowest BCUT2D eigenvalue weighted by Gasteiger charge is -2.36. The monoisotopic (exact) mass is 474 g/mol. The van der Waals surface area contributed by atoms with E-state index in [1.54, 1.807) is 18.3 Å². The van der Waals surface area contributed by atoms with E-state index >= 15 is 0 Å². The summed E-state index contributed by atoms with van der Waals surface area (Å²) in [5.74, 6) is 7.52. The second kappa shape index (κ2) is 7.76. The van der Waals surface area contributed by atoms with Crippen molar-refractivity contribution in [2.45, 2.75) is 26.3 Å². The van der Waals surface area contributed by atoms with Gasteiger partial charge in [-0.25, -0.2) is 15.0 Å². The van der Waals surface area contributed by atoms with Crippen LogP contribution in [0, 0.1) is 23.2 Å². The second-order valence-electron chi connectivity index (χ2n) is 9.97. The maximum atomic E-state index is 14.6.